The molecule has 2 nitrogen and oxygen atoms in total. The van der Waals surface area contributed by atoms with Crippen molar-refractivity contribution in [2.75, 3.05) is 5.73 Å². The molecule has 1 unspecified atom stereocenters. The van der Waals surface area contributed by atoms with E-state index in [0.717, 1.165) is 11.1 Å². The fraction of sp³-hybridized carbons (Fsp3) is 0.333. The molecule has 0 spiro atoms. The van der Waals surface area contributed by atoms with E-state index in [1.165, 1.54) is 0 Å². The zero-order valence-corrected chi connectivity index (χ0v) is 6.83. The van der Waals surface area contributed by atoms with Crippen molar-refractivity contribution in [3.05, 3.63) is 29.3 Å². The molecule has 2 heteroatoms. The highest BCUT2D eigenvalue weighted by molar-refractivity contribution is 5.49. The minimum atomic E-state index is -0.477. The van der Waals surface area contributed by atoms with Crippen LogP contribution in [0, 0.1) is 6.92 Å². The van der Waals surface area contributed by atoms with Gasteiger partial charge in [0.05, 0.1) is 6.10 Å². The first kappa shape index (κ1) is 8.08. The molecule has 0 aliphatic carbocycles. The van der Waals surface area contributed by atoms with Crippen molar-refractivity contribution in [1.82, 2.24) is 0 Å². The molecule has 0 radical (unpaired) electrons. The molecule has 0 aliphatic rings. The molecule has 1 rings (SSSR count). The van der Waals surface area contributed by atoms with E-state index >= 15 is 0 Å². The van der Waals surface area contributed by atoms with E-state index in [4.69, 9.17) is 5.73 Å². The third-order valence-corrected chi connectivity index (χ3v) is 1.69. The minimum absolute atomic E-state index is 0.477. The van der Waals surface area contributed by atoms with Crippen LogP contribution in [0.25, 0.3) is 0 Å². The smallest absolute Gasteiger partial charge is 0.0781 e. The summed E-state index contributed by atoms with van der Waals surface area (Å²) in [6.45, 7) is 3.69. The fourth-order valence-electron chi connectivity index (χ4n) is 1.06. The molecular formula is C9H13NO. The maximum Gasteiger partial charge on any atom is 0.0781 e. The molecule has 1 aromatic carbocycles. The first-order valence-electron chi connectivity index (χ1n) is 3.65. The second-order valence-corrected chi connectivity index (χ2v) is 2.81. The number of nitrogen functional groups attached to an aromatic ring is 1. The summed E-state index contributed by atoms with van der Waals surface area (Å²) in [5.41, 5.74) is 8.22. The Kier molecular flexibility index (Phi) is 2.15. The lowest BCUT2D eigenvalue weighted by Gasteiger charge is -2.08. The van der Waals surface area contributed by atoms with E-state index in [1.807, 2.05) is 25.1 Å². The number of aryl methyl sites for hydroxylation is 1. The molecule has 1 atom stereocenters. The quantitative estimate of drug-likeness (QED) is 0.599. The number of hydrogen-bond acceptors (Lipinski definition) is 2. The topological polar surface area (TPSA) is 46.2 Å². The van der Waals surface area contributed by atoms with E-state index in [2.05, 4.69) is 0 Å². The van der Waals surface area contributed by atoms with Crippen LogP contribution in [-0.4, -0.2) is 5.11 Å². The Balaban J connectivity index is 3.13. The second kappa shape index (κ2) is 2.93. The highest BCUT2D eigenvalue weighted by Gasteiger charge is 2.04. The number of nitrogens with two attached hydrogens (primary N) is 1. The zero-order chi connectivity index (χ0) is 8.43. The summed E-state index contributed by atoms with van der Waals surface area (Å²) in [6.07, 6.45) is -0.477. The lowest BCUT2D eigenvalue weighted by atomic mass is 10.1. The van der Waals surface area contributed by atoms with Crippen molar-refractivity contribution in [2.24, 2.45) is 0 Å². The average molecular weight is 151 g/mol. The number of aliphatic hydroxyl groups excluding tert-OH is 1. The molecule has 0 aromatic heterocycles. The predicted octanol–water partition coefficient (Wildman–Crippen LogP) is 1.63. The van der Waals surface area contributed by atoms with Crippen LogP contribution in [0.15, 0.2) is 18.2 Å². The molecule has 0 aliphatic heterocycles. The average Bonchev–Trinajstić information content (AvgIpc) is 1.94. The summed E-state index contributed by atoms with van der Waals surface area (Å²) < 4.78 is 0. The van der Waals surface area contributed by atoms with Crippen LogP contribution in [0.5, 0.6) is 0 Å². The van der Waals surface area contributed by atoms with Crippen molar-refractivity contribution in [2.45, 2.75) is 20.0 Å². The molecule has 0 heterocycles. The highest BCUT2D eigenvalue weighted by Crippen LogP contribution is 2.20. The van der Waals surface area contributed by atoms with Gasteiger partial charge in [0.1, 0.15) is 0 Å². The molecule has 0 fully saturated rings. The molecule has 0 saturated heterocycles. The largest absolute Gasteiger partial charge is 0.398 e. The lowest BCUT2D eigenvalue weighted by molar-refractivity contribution is 0.200. The Labute approximate surface area is 66.7 Å². The standard InChI is InChI=1S/C9H13NO/c1-6-3-4-9(10)8(5-6)7(2)11/h3-5,7,11H,10H2,1-2H3. The predicted molar refractivity (Wildman–Crippen MR) is 46.2 cm³/mol. The van der Waals surface area contributed by atoms with E-state index < -0.39 is 6.10 Å². The molecule has 3 N–H and O–H groups in total. The maximum absolute atomic E-state index is 9.25. The molecular weight excluding hydrogens is 138 g/mol. The van der Waals surface area contributed by atoms with Crippen molar-refractivity contribution >= 4 is 5.69 Å². The number of anilines is 1. The Morgan fingerprint density at radius 3 is 2.55 bits per heavy atom. The maximum atomic E-state index is 9.25. The van der Waals surface area contributed by atoms with E-state index in [-0.39, 0.29) is 0 Å². The van der Waals surface area contributed by atoms with Crippen molar-refractivity contribution in [1.29, 1.82) is 0 Å². The second-order valence-electron chi connectivity index (χ2n) is 2.81. The molecule has 0 amide bonds. The Bertz CT molecular complexity index is 256. The Morgan fingerprint density at radius 1 is 1.45 bits per heavy atom. The number of benzene rings is 1. The molecule has 0 bridgehead atoms. The van der Waals surface area contributed by atoms with Gasteiger partial charge in [-0.1, -0.05) is 17.7 Å². The normalized spacial score (nSPS) is 13.0. The highest BCUT2D eigenvalue weighted by atomic mass is 16.3. The van der Waals surface area contributed by atoms with Gasteiger partial charge < -0.3 is 10.8 Å². The number of hydrogen-bond donors (Lipinski definition) is 2. The lowest BCUT2D eigenvalue weighted by Crippen LogP contribution is -1.98. The van der Waals surface area contributed by atoms with E-state index in [1.54, 1.807) is 6.92 Å². The van der Waals surface area contributed by atoms with Crippen LogP contribution in [0.4, 0.5) is 5.69 Å². The number of rotatable bonds is 1. The third kappa shape index (κ3) is 1.71. The first-order chi connectivity index (χ1) is 5.11. The van der Waals surface area contributed by atoms with Gasteiger partial charge >= 0.3 is 0 Å². The van der Waals surface area contributed by atoms with E-state index in [9.17, 15) is 5.11 Å². The van der Waals surface area contributed by atoms with Gasteiger partial charge in [-0.15, -0.1) is 0 Å². The fourth-order valence-corrected chi connectivity index (χ4v) is 1.06. The summed E-state index contributed by atoms with van der Waals surface area (Å²) in [5, 5.41) is 9.25. The van der Waals surface area contributed by atoms with Crippen LogP contribution in [0.2, 0.25) is 0 Å². The Morgan fingerprint density at radius 2 is 2.09 bits per heavy atom. The van der Waals surface area contributed by atoms with Gasteiger partial charge in [0, 0.05) is 11.3 Å². The SMILES string of the molecule is Cc1ccc(N)c(C(C)O)c1. The van der Waals surface area contributed by atoms with Crippen LogP contribution < -0.4 is 5.73 Å². The monoisotopic (exact) mass is 151 g/mol. The molecule has 11 heavy (non-hydrogen) atoms. The summed E-state index contributed by atoms with van der Waals surface area (Å²) in [4.78, 5) is 0. The molecule has 60 valence electrons. The van der Waals surface area contributed by atoms with Crippen molar-refractivity contribution in [3.8, 4) is 0 Å². The van der Waals surface area contributed by atoms with Gasteiger partial charge in [-0.05, 0) is 19.9 Å². The molecule has 1 aromatic rings. The van der Waals surface area contributed by atoms with Crippen molar-refractivity contribution in [3.63, 3.8) is 0 Å². The number of aliphatic hydroxyl groups is 1. The van der Waals surface area contributed by atoms with Crippen LogP contribution in [-0.2, 0) is 0 Å². The van der Waals surface area contributed by atoms with E-state index in [0.29, 0.717) is 5.69 Å². The van der Waals surface area contributed by atoms with Crippen LogP contribution in [0.1, 0.15) is 24.2 Å². The first-order valence-corrected chi connectivity index (χ1v) is 3.65. The Hall–Kier alpha value is -1.02. The van der Waals surface area contributed by atoms with Crippen LogP contribution >= 0.6 is 0 Å². The summed E-state index contributed by atoms with van der Waals surface area (Å²) in [7, 11) is 0. The van der Waals surface area contributed by atoms with Crippen molar-refractivity contribution < 1.29 is 5.11 Å². The van der Waals surface area contributed by atoms with Gasteiger partial charge in [-0.3, -0.25) is 0 Å². The van der Waals surface area contributed by atoms with Gasteiger partial charge in [-0.25, -0.2) is 0 Å². The van der Waals surface area contributed by atoms with Crippen LogP contribution in [0.3, 0.4) is 0 Å². The van der Waals surface area contributed by atoms with Gasteiger partial charge in [-0.2, -0.15) is 0 Å². The van der Waals surface area contributed by atoms with Gasteiger partial charge in [0.2, 0.25) is 0 Å². The third-order valence-electron chi connectivity index (χ3n) is 1.69. The summed E-state index contributed by atoms with van der Waals surface area (Å²) in [5.74, 6) is 0. The minimum Gasteiger partial charge on any atom is -0.398 e. The van der Waals surface area contributed by atoms with Gasteiger partial charge in [0.25, 0.3) is 0 Å². The zero-order valence-electron chi connectivity index (χ0n) is 6.83. The summed E-state index contributed by atoms with van der Waals surface area (Å²) in [6, 6.07) is 5.65. The molecule has 0 saturated carbocycles. The van der Waals surface area contributed by atoms with Gasteiger partial charge in [0.15, 0.2) is 0 Å². The summed E-state index contributed by atoms with van der Waals surface area (Å²) >= 11 is 0.